The third kappa shape index (κ3) is 8.64. The molecule has 6 atom stereocenters. The predicted octanol–water partition coefficient (Wildman–Crippen LogP) is 3.57. The zero-order chi connectivity index (χ0) is 32.7. The van der Waals surface area contributed by atoms with Crippen LogP contribution in [-0.4, -0.2) is 80.9 Å². The molecule has 3 aromatic carbocycles. The summed E-state index contributed by atoms with van der Waals surface area (Å²) in [4.78, 5) is 13.4. The van der Waals surface area contributed by atoms with Gasteiger partial charge in [-0.25, -0.2) is 13.2 Å². The van der Waals surface area contributed by atoms with Crippen LogP contribution in [0.2, 0.25) is 0 Å². The molecule has 1 unspecified atom stereocenters. The lowest BCUT2D eigenvalue weighted by Gasteiger charge is -2.31. The van der Waals surface area contributed by atoms with E-state index in [0.717, 1.165) is 11.1 Å². The van der Waals surface area contributed by atoms with Crippen molar-refractivity contribution in [3.63, 3.8) is 0 Å². The number of hydrogen-bond acceptors (Lipinski definition) is 9. The first-order valence-electron chi connectivity index (χ1n) is 15.5. The second-order valence-corrected chi connectivity index (χ2v) is 14.1. The van der Waals surface area contributed by atoms with E-state index < -0.39 is 40.7 Å². The number of benzene rings is 3. The largest absolute Gasteiger partial charge is 0.443 e. The van der Waals surface area contributed by atoms with Crippen molar-refractivity contribution >= 4 is 21.8 Å². The van der Waals surface area contributed by atoms with Gasteiger partial charge < -0.3 is 35.1 Å². The van der Waals surface area contributed by atoms with Gasteiger partial charge in [0, 0.05) is 18.8 Å². The molecule has 12 heteroatoms. The average molecular weight is 654 g/mol. The fourth-order valence-corrected chi connectivity index (χ4v) is 7.41. The van der Waals surface area contributed by atoms with Crippen LogP contribution < -0.4 is 11.1 Å². The van der Waals surface area contributed by atoms with Crippen molar-refractivity contribution in [3.8, 4) is 0 Å². The van der Waals surface area contributed by atoms with Crippen molar-refractivity contribution in [3.05, 3.63) is 96.1 Å². The molecule has 0 aliphatic carbocycles. The number of nitrogens with zero attached hydrogens (tertiary/aromatic N) is 1. The molecule has 2 aliphatic heterocycles. The van der Waals surface area contributed by atoms with Crippen molar-refractivity contribution in [1.29, 1.82) is 0 Å². The van der Waals surface area contributed by atoms with E-state index in [-0.39, 0.29) is 49.0 Å². The molecule has 2 fully saturated rings. The Kier molecular flexibility index (Phi) is 11.3. The standard InChI is InChI=1S/C34H43N3O8S/c1-23(2)18-37(46(40,41)27-15-13-26(35)14-16-27)19-29(38)28(17-24-9-5-3-6-10-24)36-34(39)45-31-22-44-33-32(31)30(21-43-33)42-20-25-11-7-4-8-12-25/h3-16,23,28-33,38H,17-22,35H2,1-2H3,(H,36,39)/t28-,29+,30-,31?,32-,33+/m0/s1. The van der Waals surface area contributed by atoms with Crippen LogP contribution in [0.3, 0.4) is 0 Å². The third-order valence-electron chi connectivity index (χ3n) is 8.13. The lowest BCUT2D eigenvalue weighted by molar-refractivity contribution is -0.0916. The van der Waals surface area contributed by atoms with Crippen LogP contribution in [0.1, 0.15) is 25.0 Å². The van der Waals surface area contributed by atoms with E-state index in [4.69, 9.17) is 24.7 Å². The minimum Gasteiger partial charge on any atom is -0.443 e. The molecule has 2 aliphatic rings. The third-order valence-corrected chi connectivity index (χ3v) is 9.98. The van der Waals surface area contributed by atoms with Gasteiger partial charge in [-0.2, -0.15) is 4.31 Å². The quantitative estimate of drug-likeness (QED) is 0.222. The molecule has 2 heterocycles. The molecule has 1 amide bonds. The normalized spacial score (nSPS) is 22.5. The van der Waals surface area contributed by atoms with E-state index in [1.807, 2.05) is 74.5 Å². The first-order chi connectivity index (χ1) is 22.1. The van der Waals surface area contributed by atoms with E-state index in [2.05, 4.69) is 5.32 Å². The highest BCUT2D eigenvalue weighted by Crippen LogP contribution is 2.35. The van der Waals surface area contributed by atoms with Gasteiger partial charge in [-0.05, 0) is 47.7 Å². The predicted molar refractivity (Wildman–Crippen MR) is 172 cm³/mol. The number of ether oxygens (including phenoxy) is 4. The van der Waals surface area contributed by atoms with Crippen LogP contribution in [0.5, 0.6) is 0 Å². The molecule has 11 nitrogen and oxygen atoms in total. The fourth-order valence-electron chi connectivity index (χ4n) is 5.79. The zero-order valence-electron chi connectivity index (χ0n) is 26.1. The summed E-state index contributed by atoms with van der Waals surface area (Å²) >= 11 is 0. The summed E-state index contributed by atoms with van der Waals surface area (Å²) in [5.41, 5.74) is 8.09. The molecule has 0 aromatic heterocycles. The zero-order valence-corrected chi connectivity index (χ0v) is 26.9. The number of nitrogens with two attached hydrogens (primary N) is 1. The molecule has 0 spiro atoms. The Bertz CT molecular complexity index is 1510. The molecule has 0 saturated carbocycles. The van der Waals surface area contributed by atoms with Gasteiger partial charge in [0.05, 0.1) is 48.9 Å². The number of anilines is 1. The lowest BCUT2D eigenvalue weighted by atomic mass is 10.00. The SMILES string of the molecule is CC(C)CN(C[C@@H](O)[C@H](Cc1ccccc1)NC(=O)OC1CO[C@H]2OC[C@H](OCc3ccccc3)[C@@H]12)S(=O)(=O)c1ccc(N)cc1. The number of carbonyl (C=O) groups excluding carboxylic acids is 1. The topological polar surface area (TPSA) is 150 Å². The van der Waals surface area contributed by atoms with Crippen LogP contribution in [0, 0.1) is 11.8 Å². The van der Waals surface area contributed by atoms with Crippen molar-refractivity contribution < 1.29 is 37.3 Å². The van der Waals surface area contributed by atoms with E-state index in [0.29, 0.717) is 18.9 Å². The van der Waals surface area contributed by atoms with Crippen LogP contribution in [0.25, 0.3) is 0 Å². The molecular formula is C34H43N3O8S. The Balaban J connectivity index is 1.28. The van der Waals surface area contributed by atoms with Crippen molar-refractivity contribution in [2.24, 2.45) is 11.8 Å². The number of aliphatic hydroxyl groups is 1. The van der Waals surface area contributed by atoms with Gasteiger partial charge in [-0.3, -0.25) is 0 Å². The molecule has 2 saturated heterocycles. The van der Waals surface area contributed by atoms with Crippen molar-refractivity contribution in [2.45, 2.75) is 62.4 Å². The van der Waals surface area contributed by atoms with E-state index in [1.165, 1.54) is 28.6 Å². The number of carbonyl (C=O) groups is 1. The number of hydrogen-bond donors (Lipinski definition) is 3. The smallest absolute Gasteiger partial charge is 0.407 e. The van der Waals surface area contributed by atoms with Crippen LogP contribution in [-0.2, 0) is 42.0 Å². The molecule has 5 rings (SSSR count). The van der Waals surface area contributed by atoms with E-state index in [1.54, 1.807) is 0 Å². The van der Waals surface area contributed by atoms with Crippen LogP contribution >= 0.6 is 0 Å². The summed E-state index contributed by atoms with van der Waals surface area (Å²) in [6, 6.07) is 24.2. The fraction of sp³-hybridized carbons (Fsp3) is 0.441. The number of nitrogens with one attached hydrogen (secondary N) is 1. The summed E-state index contributed by atoms with van der Waals surface area (Å²) in [5.74, 6) is -0.346. The number of alkyl carbamates (subject to hydrolysis) is 1. The van der Waals surface area contributed by atoms with Crippen molar-refractivity contribution in [2.75, 3.05) is 32.0 Å². The van der Waals surface area contributed by atoms with Crippen molar-refractivity contribution in [1.82, 2.24) is 9.62 Å². The highest BCUT2D eigenvalue weighted by Gasteiger charge is 2.50. The lowest BCUT2D eigenvalue weighted by Crippen LogP contribution is -2.52. The molecule has 0 bridgehead atoms. The van der Waals surface area contributed by atoms with Gasteiger partial charge in [0.1, 0.15) is 6.10 Å². The molecule has 46 heavy (non-hydrogen) atoms. The number of fused-ring (bicyclic) bond motifs is 1. The maximum atomic E-state index is 13.7. The Morgan fingerprint density at radius 2 is 1.54 bits per heavy atom. The molecule has 3 aromatic rings. The highest BCUT2D eigenvalue weighted by atomic mass is 32.2. The number of nitrogen functional groups attached to an aromatic ring is 1. The minimum atomic E-state index is -3.97. The maximum absolute atomic E-state index is 13.7. The van der Waals surface area contributed by atoms with Gasteiger partial charge in [0.15, 0.2) is 6.29 Å². The summed E-state index contributed by atoms with van der Waals surface area (Å²) in [5, 5.41) is 14.3. The number of amides is 1. The van der Waals surface area contributed by atoms with Gasteiger partial charge in [0.25, 0.3) is 0 Å². The second kappa shape index (κ2) is 15.4. The monoisotopic (exact) mass is 653 g/mol. The summed E-state index contributed by atoms with van der Waals surface area (Å²) in [7, 11) is -3.97. The highest BCUT2D eigenvalue weighted by molar-refractivity contribution is 7.89. The Hall–Kier alpha value is -3.52. The van der Waals surface area contributed by atoms with Gasteiger partial charge in [-0.1, -0.05) is 74.5 Å². The first-order valence-corrected chi connectivity index (χ1v) is 17.0. The van der Waals surface area contributed by atoms with E-state index >= 15 is 0 Å². The number of aliphatic hydroxyl groups excluding tert-OH is 1. The van der Waals surface area contributed by atoms with Gasteiger partial charge in [-0.15, -0.1) is 0 Å². The summed E-state index contributed by atoms with van der Waals surface area (Å²) < 4.78 is 52.1. The molecule has 4 N–H and O–H groups in total. The Morgan fingerprint density at radius 1 is 0.935 bits per heavy atom. The molecular weight excluding hydrogens is 610 g/mol. The van der Waals surface area contributed by atoms with E-state index in [9.17, 15) is 18.3 Å². The Morgan fingerprint density at radius 3 is 2.17 bits per heavy atom. The second-order valence-electron chi connectivity index (χ2n) is 12.2. The first kappa shape index (κ1) is 33.8. The van der Waals surface area contributed by atoms with Crippen LogP contribution in [0.4, 0.5) is 10.5 Å². The molecule has 248 valence electrons. The summed E-state index contributed by atoms with van der Waals surface area (Å²) in [6.07, 6.45) is -3.29. The van der Waals surface area contributed by atoms with Gasteiger partial charge in [0.2, 0.25) is 10.0 Å². The number of sulfonamides is 1. The van der Waals surface area contributed by atoms with Crippen LogP contribution in [0.15, 0.2) is 89.8 Å². The minimum absolute atomic E-state index is 0.0257. The maximum Gasteiger partial charge on any atom is 0.407 e. The summed E-state index contributed by atoms with van der Waals surface area (Å²) in [6.45, 7) is 4.55. The van der Waals surface area contributed by atoms with Gasteiger partial charge >= 0.3 is 6.09 Å². The Labute approximate surface area is 270 Å². The average Bonchev–Trinajstić information content (AvgIpc) is 3.63. The molecule has 0 radical (unpaired) electrons. The number of rotatable bonds is 14.